The van der Waals surface area contributed by atoms with E-state index in [0.717, 1.165) is 12.1 Å². The van der Waals surface area contributed by atoms with Gasteiger partial charge in [-0.1, -0.05) is 0 Å². The highest BCUT2D eigenvalue weighted by Gasteiger charge is 2.23. The first-order chi connectivity index (χ1) is 12.0. The quantitative estimate of drug-likeness (QED) is 0.912. The number of fused-ring (bicyclic) bond motifs is 1. The predicted molar refractivity (Wildman–Crippen MR) is 95.3 cm³/mol. The van der Waals surface area contributed by atoms with Crippen molar-refractivity contribution in [3.8, 4) is 0 Å². The third-order valence-corrected chi connectivity index (χ3v) is 4.69. The van der Waals surface area contributed by atoms with Crippen LogP contribution in [-0.2, 0) is 19.6 Å². The lowest BCUT2D eigenvalue weighted by atomic mass is 10.3. The van der Waals surface area contributed by atoms with E-state index in [1.54, 1.807) is 27.8 Å². The zero-order valence-corrected chi connectivity index (χ0v) is 15.0. The second kappa shape index (κ2) is 7.23. The third kappa shape index (κ3) is 3.82. The minimum absolute atomic E-state index is 0.0358. The normalized spacial score (nSPS) is 14.7. The number of hydrogen-bond acceptors (Lipinski definition) is 4. The Morgan fingerprint density at radius 3 is 2.88 bits per heavy atom. The molecule has 7 heteroatoms. The van der Waals surface area contributed by atoms with Crippen molar-refractivity contribution in [1.82, 2.24) is 24.3 Å². The molecule has 0 saturated carbocycles. The van der Waals surface area contributed by atoms with Crippen LogP contribution >= 0.6 is 0 Å². The summed E-state index contributed by atoms with van der Waals surface area (Å²) in [5.41, 5.74) is 1.28. The smallest absolute Gasteiger partial charge is 0.270 e. The number of carbonyl (C=O) groups excluding carboxylic acids is 1. The highest BCUT2D eigenvalue weighted by molar-refractivity contribution is 5.92. The van der Waals surface area contributed by atoms with Crippen molar-refractivity contribution in [2.75, 3.05) is 13.6 Å². The van der Waals surface area contributed by atoms with Crippen LogP contribution in [0.4, 0.5) is 0 Å². The lowest BCUT2D eigenvalue weighted by Gasteiger charge is -2.22. The van der Waals surface area contributed by atoms with E-state index in [-0.39, 0.29) is 11.5 Å². The van der Waals surface area contributed by atoms with E-state index in [4.69, 9.17) is 0 Å². The summed E-state index contributed by atoms with van der Waals surface area (Å²) in [4.78, 5) is 36.7. The molecule has 1 aliphatic rings. The van der Waals surface area contributed by atoms with E-state index in [2.05, 4.69) is 28.7 Å². The molecule has 2 aromatic heterocycles. The maximum Gasteiger partial charge on any atom is 0.270 e. The molecule has 7 nitrogen and oxygen atoms in total. The van der Waals surface area contributed by atoms with Crippen molar-refractivity contribution in [3.05, 3.63) is 52.0 Å². The summed E-state index contributed by atoms with van der Waals surface area (Å²) in [6.45, 7) is 6.38. The van der Waals surface area contributed by atoms with Gasteiger partial charge in [0.25, 0.3) is 11.5 Å². The highest BCUT2D eigenvalue weighted by atomic mass is 16.2. The molecule has 0 aliphatic carbocycles. The Kier molecular flexibility index (Phi) is 5.03. The minimum Gasteiger partial charge on any atom is -0.357 e. The Labute approximate surface area is 147 Å². The number of nitrogens with one attached hydrogen (secondary N) is 1. The summed E-state index contributed by atoms with van der Waals surface area (Å²) < 4.78 is 1.70. The van der Waals surface area contributed by atoms with Crippen LogP contribution in [-0.4, -0.2) is 49.9 Å². The third-order valence-electron chi connectivity index (χ3n) is 4.69. The summed E-state index contributed by atoms with van der Waals surface area (Å²) in [6, 6.07) is 5.56. The van der Waals surface area contributed by atoms with Crippen LogP contribution in [0.1, 0.15) is 42.3 Å². The second-order valence-electron chi connectivity index (χ2n) is 6.83. The highest BCUT2D eigenvalue weighted by Crippen LogP contribution is 2.13. The van der Waals surface area contributed by atoms with E-state index in [9.17, 15) is 9.59 Å². The van der Waals surface area contributed by atoms with Crippen LogP contribution in [0.3, 0.4) is 0 Å². The summed E-state index contributed by atoms with van der Waals surface area (Å²) in [6.07, 6.45) is 2.48. The van der Waals surface area contributed by atoms with Crippen molar-refractivity contribution >= 4 is 5.91 Å². The number of carbonyl (C=O) groups is 1. The monoisotopic (exact) mass is 343 g/mol. The van der Waals surface area contributed by atoms with Crippen molar-refractivity contribution < 1.29 is 4.79 Å². The average Bonchev–Trinajstić information content (AvgIpc) is 3.01. The molecule has 0 radical (unpaired) electrons. The van der Waals surface area contributed by atoms with E-state index in [1.807, 2.05) is 13.1 Å². The first-order valence-corrected chi connectivity index (χ1v) is 8.68. The number of aromatic nitrogens is 3. The van der Waals surface area contributed by atoms with Crippen LogP contribution < -0.4 is 5.56 Å². The van der Waals surface area contributed by atoms with Gasteiger partial charge in [0.2, 0.25) is 0 Å². The zero-order valence-electron chi connectivity index (χ0n) is 15.0. The molecule has 2 aromatic rings. The van der Waals surface area contributed by atoms with Crippen molar-refractivity contribution in [2.45, 2.75) is 45.9 Å². The second-order valence-corrected chi connectivity index (χ2v) is 6.83. The van der Waals surface area contributed by atoms with Crippen LogP contribution in [0, 0.1) is 0 Å². The average molecular weight is 343 g/mol. The van der Waals surface area contributed by atoms with Crippen molar-refractivity contribution in [2.24, 2.45) is 0 Å². The summed E-state index contributed by atoms with van der Waals surface area (Å²) in [5.74, 6) is 0.606. The van der Waals surface area contributed by atoms with Gasteiger partial charge in [0.05, 0.1) is 12.2 Å². The standard InChI is InChI=1S/C18H25N5O2/c1-13(2)21(3)11-14-10-17(24)23-9-5-8-22(12-16(23)20-14)18(25)15-6-4-7-19-15/h4,6-7,10,13,19H,5,8-9,11-12H2,1-3H3. The Morgan fingerprint density at radius 1 is 1.40 bits per heavy atom. The van der Waals surface area contributed by atoms with Gasteiger partial charge in [-0.3, -0.25) is 19.1 Å². The first kappa shape index (κ1) is 17.4. The van der Waals surface area contributed by atoms with Crippen molar-refractivity contribution in [1.29, 1.82) is 0 Å². The number of aromatic amines is 1. The van der Waals surface area contributed by atoms with Gasteiger partial charge in [-0.2, -0.15) is 0 Å². The number of hydrogen-bond donors (Lipinski definition) is 1. The summed E-state index contributed by atoms with van der Waals surface area (Å²) in [5, 5.41) is 0. The number of nitrogens with zero attached hydrogens (tertiary/aromatic N) is 4. The van der Waals surface area contributed by atoms with Crippen LogP contribution in [0.15, 0.2) is 29.2 Å². The molecule has 0 unspecified atom stereocenters. The topological polar surface area (TPSA) is 74.2 Å². The fourth-order valence-corrected chi connectivity index (χ4v) is 2.96. The zero-order chi connectivity index (χ0) is 18.0. The van der Waals surface area contributed by atoms with Gasteiger partial charge in [-0.15, -0.1) is 0 Å². The first-order valence-electron chi connectivity index (χ1n) is 8.68. The molecular weight excluding hydrogens is 318 g/mol. The molecule has 1 amide bonds. The molecule has 0 fully saturated rings. The maximum absolute atomic E-state index is 12.6. The molecule has 0 aromatic carbocycles. The molecule has 0 saturated heterocycles. The van der Waals surface area contributed by atoms with Gasteiger partial charge in [-0.25, -0.2) is 4.98 Å². The van der Waals surface area contributed by atoms with E-state index >= 15 is 0 Å². The number of H-pyrrole nitrogens is 1. The molecule has 1 N–H and O–H groups in total. The van der Waals surface area contributed by atoms with Crippen molar-refractivity contribution in [3.63, 3.8) is 0 Å². The molecule has 134 valence electrons. The van der Waals surface area contributed by atoms with E-state index in [0.29, 0.717) is 43.7 Å². The molecule has 3 heterocycles. The Balaban J connectivity index is 1.87. The van der Waals surface area contributed by atoms with E-state index in [1.165, 1.54) is 0 Å². The maximum atomic E-state index is 12.6. The fourth-order valence-electron chi connectivity index (χ4n) is 2.96. The van der Waals surface area contributed by atoms with Gasteiger partial charge >= 0.3 is 0 Å². The predicted octanol–water partition coefficient (Wildman–Crippen LogP) is 1.46. The van der Waals surface area contributed by atoms with Gasteiger partial charge in [-0.05, 0) is 39.4 Å². The lowest BCUT2D eigenvalue weighted by molar-refractivity contribution is 0.0738. The van der Waals surface area contributed by atoms with Gasteiger partial charge < -0.3 is 9.88 Å². The van der Waals surface area contributed by atoms with Gasteiger partial charge in [0.15, 0.2) is 0 Å². The Bertz CT molecular complexity index is 794. The summed E-state index contributed by atoms with van der Waals surface area (Å²) in [7, 11) is 2.01. The Hall–Kier alpha value is -2.41. The minimum atomic E-state index is -0.0580. The molecule has 0 spiro atoms. The molecule has 0 atom stereocenters. The molecule has 25 heavy (non-hydrogen) atoms. The van der Waals surface area contributed by atoms with Gasteiger partial charge in [0.1, 0.15) is 11.5 Å². The SMILES string of the molecule is CC(C)N(C)Cc1cc(=O)n2c(n1)CN(C(=O)c1ccc[nH]1)CCC2. The van der Waals surface area contributed by atoms with Crippen LogP contribution in [0.2, 0.25) is 0 Å². The van der Waals surface area contributed by atoms with Crippen LogP contribution in [0.25, 0.3) is 0 Å². The number of rotatable bonds is 4. The molecule has 1 aliphatic heterocycles. The molecule has 3 rings (SSSR count). The molecule has 0 bridgehead atoms. The lowest BCUT2D eigenvalue weighted by Crippen LogP contribution is -2.33. The van der Waals surface area contributed by atoms with Crippen LogP contribution in [0.5, 0.6) is 0 Å². The fraction of sp³-hybridized carbons (Fsp3) is 0.500. The van der Waals surface area contributed by atoms with E-state index < -0.39 is 0 Å². The Morgan fingerprint density at radius 2 is 2.20 bits per heavy atom. The molecular formula is C18H25N5O2. The van der Waals surface area contributed by atoms with Gasteiger partial charge in [0, 0.05) is 37.9 Å². The largest absolute Gasteiger partial charge is 0.357 e. The number of amides is 1. The summed E-state index contributed by atoms with van der Waals surface area (Å²) >= 11 is 0.